The molecule has 310 valence electrons. The second kappa shape index (κ2) is 14.8. The maximum absolute atomic E-state index is 14.4. The third-order valence-electron chi connectivity index (χ3n) is 18.1. The number of ether oxygens (including phenoxy) is 1. The molecule has 10 atom stereocenters. The fourth-order valence-electron chi connectivity index (χ4n) is 15.2. The van der Waals surface area contributed by atoms with Gasteiger partial charge in [-0.05, 0) is 145 Å². The van der Waals surface area contributed by atoms with Gasteiger partial charge in [-0.25, -0.2) is 0 Å². The largest absolute Gasteiger partial charge is 0.481 e. The molecule has 8 nitrogen and oxygen atoms in total. The minimum absolute atomic E-state index is 0.0480. The molecule has 0 spiro atoms. The van der Waals surface area contributed by atoms with Crippen molar-refractivity contribution in [3.8, 4) is 0 Å². The van der Waals surface area contributed by atoms with Gasteiger partial charge < -0.3 is 14.7 Å². The summed E-state index contributed by atoms with van der Waals surface area (Å²) in [5, 5.41) is 9.38. The molecular formula is C48H73N3O5. The van der Waals surface area contributed by atoms with Crippen LogP contribution in [-0.4, -0.2) is 70.0 Å². The molecule has 6 fully saturated rings. The Morgan fingerprint density at radius 2 is 1.55 bits per heavy atom. The van der Waals surface area contributed by atoms with Gasteiger partial charge in [0.05, 0.1) is 12.8 Å². The van der Waals surface area contributed by atoms with E-state index in [-0.39, 0.29) is 52.0 Å². The molecule has 0 unspecified atom stereocenters. The van der Waals surface area contributed by atoms with Gasteiger partial charge >= 0.3 is 11.9 Å². The van der Waals surface area contributed by atoms with Crippen molar-refractivity contribution < 1.29 is 24.2 Å². The van der Waals surface area contributed by atoms with Crippen molar-refractivity contribution in [1.29, 1.82) is 0 Å². The lowest BCUT2D eigenvalue weighted by Gasteiger charge is -2.73. The van der Waals surface area contributed by atoms with Crippen LogP contribution in [0, 0.1) is 62.1 Å². The number of hydrogen-bond donors (Lipinski definition) is 1. The zero-order chi connectivity index (χ0) is 40.5. The van der Waals surface area contributed by atoms with Crippen LogP contribution in [0.4, 0.5) is 0 Å². The van der Waals surface area contributed by atoms with Crippen molar-refractivity contribution in [2.75, 3.05) is 26.2 Å². The van der Waals surface area contributed by atoms with Gasteiger partial charge in [0.1, 0.15) is 6.10 Å². The number of carbonyl (C=O) groups excluding carboxylic acids is 2. The molecule has 1 amide bonds. The van der Waals surface area contributed by atoms with Crippen molar-refractivity contribution >= 4 is 17.8 Å². The second-order valence-electron chi connectivity index (χ2n) is 22.0. The van der Waals surface area contributed by atoms with Gasteiger partial charge in [-0.15, -0.1) is 0 Å². The van der Waals surface area contributed by atoms with Gasteiger partial charge in [0.2, 0.25) is 5.91 Å². The zero-order valence-corrected chi connectivity index (χ0v) is 36.1. The van der Waals surface area contributed by atoms with E-state index >= 15 is 0 Å². The van der Waals surface area contributed by atoms with Crippen molar-refractivity contribution in [3.05, 3.63) is 42.2 Å². The highest BCUT2D eigenvalue weighted by atomic mass is 16.5. The van der Waals surface area contributed by atoms with Crippen LogP contribution in [0.1, 0.15) is 144 Å². The number of piperazine rings is 1. The fourth-order valence-corrected chi connectivity index (χ4v) is 15.2. The number of carboxylic acids is 1. The Morgan fingerprint density at radius 3 is 2.21 bits per heavy atom. The molecular weight excluding hydrogens is 699 g/mol. The lowest BCUT2D eigenvalue weighted by Crippen LogP contribution is -2.67. The summed E-state index contributed by atoms with van der Waals surface area (Å²) in [6.07, 6.45) is 15.7. The zero-order valence-electron chi connectivity index (χ0n) is 36.1. The Morgan fingerprint density at radius 1 is 0.857 bits per heavy atom. The van der Waals surface area contributed by atoms with E-state index in [0.717, 1.165) is 64.8 Å². The average molecular weight is 772 g/mol. The molecule has 1 saturated heterocycles. The smallest absolute Gasteiger partial charge is 0.306 e. The summed E-state index contributed by atoms with van der Waals surface area (Å²) >= 11 is 0. The molecule has 5 aliphatic carbocycles. The van der Waals surface area contributed by atoms with Crippen LogP contribution in [0.25, 0.3) is 0 Å². The van der Waals surface area contributed by atoms with E-state index in [4.69, 9.17) is 4.74 Å². The third kappa shape index (κ3) is 7.08. The van der Waals surface area contributed by atoms with Crippen LogP contribution in [0.5, 0.6) is 0 Å². The topological polar surface area (TPSA) is 100 Å². The number of aromatic nitrogens is 1. The average Bonchev–Trinajstić information content (AvgIpc) is 3.49. The Bertz CT molecular complexity index is 1670. The summed E-state index contributed by atoms with van der Waals surface area (Å²) in [6.45, 7) is 27.5. The van der Waals surface area contributed by atoms with Crippen LogP contribution in [0.15, 0.2) is 36.7 Å². The second-order valence-corrected chi connectivity index (χ2v) is 22.0. The molecule has 6 aliphatic rings. The van der Waals surface area contributed by atoms with Crippen LogP contribution >= 0.6 is 0 Å². The highest BCUT2D eigenvalue weighted by Gasteiger charge is 2.71. The van der Waals surface area contributed by atoms with Gasteiger partial charge in [-0.1, -0.05) is 60.6 Å². The van der Waals surface area contributed by atoms with Crippen LogP contribution < -0.4 is 0 Å². The molecule has 0 bridgehead atoms. The Balaban J connectivity index is 1.06. The molecule has 1 aromatic heterocycles. The SMILES string of the molecule is C=C(C)[C@@H]1CC[C@]2(CC(=O)N3CCN(Cc4ccncc4)CC3)CC[C@]3(C)[C@H](CC[C@@H]4[C@@]5(C)CC[C@H](OC(=O)CC(C)(C)CC(=O)O)C(C)(C)[C@@H]5CC[C@]43C)[C@@H]12. The van der Waals surface area contributed by atoms with E-state index in [0.29, 0.717) is 41.9 Å². The Hall–Kier alpha value is -2.74. The molecule has 2 heterocycles. The van der Waals surface area contributed by atoms with E-state index in [1.807, 2.05) is 26.2 Å². The lowest BCUT2D eigenvalue weighted by atomic mass is 9.32. The number of allylic oxidation sites excluding steroid dienone is 1. The molecule has 1 N–H and O–H groups in total. The molecule has 8 heteroatoms. The molecule has 5 saturated carbocycles. The monoisotopic (exact) mass is 772 g/mol. The third-order valence-corrected chi connectivity index (χ3v) is 18.1. The van der Waals surface area contributed by atoms with Crippen molar-refractivity contribution in [1.82, 2.24) is 14.8 Å². The van der Waals surface area contributed by atoms with Gasteiger partial charge in [0, 0.05) is 57.0 Å². The van der Waals surface area contributed by atoms with E-state index < -0.39 is 11.4 Å². The first-order valence-electron chi connectivity index (χ1n) is 22.2. The molecule has 1 aromatic rings. The maximum atomic E-state index is 14.4. The molecule has 0 aromatic carbocycles. The lowest BCUT2D eigenvalue weighted by molar-refractivity contribution is -0.250. The summed E-state index contributed by atoms with van der Waals surface area (Å²) in [5.41, 5.74) is 2.41. The Kier molecular flexibility index (Phi) is 11.0. The summed E-state index contributed by atoms with van der Waals surface area (Å²) < 4.78 is 6.31. The number of pyridine rings is 1. The normalized spacial score (nSPS) is 39.4. The highest BCUT2D eigenvalue weighted by molar-refractivity contribution is 5.77. The number of hydrogen-bond acceptors (Lipinski definition) is 6. The maximum Gasteiger partial charge on any atom is 0.306 e. The predicted octanol–water partition coefficient (Wildman–Crippen LogP) is 9.58. The number of esters is 1. The number of carboxylic acid groups (broad SMARTS) is 1. The number of aliphatic carboxylic acids is 1. The van der Waals surface area contributed by atoms with E-state index in [2.05, 4.69) is 75.0 Å². The minimum Gasteiger partial charge on any atom is -0.481 e. The summed E-state index contributed by atoms with van der Waals surface area (Å²) in [7, 11) is 0. The van der Waals surface area contributed by atoms with Crippen LogP contribution in [-0.2, 0) is 25.7 Å². The van der Waals surface area contributed by atoms with Crippen LogP contribution in [0.3, 0.4) is 0 Å². The van der Waals surface area contributed by atoms with E-state index in [1.165, 1.54) is 43.2 Å². The molecule has 7 rings (SSSR count). The van der Waals surface area contributed by atoms with Crippen LogP contribution in [0.2, 0.25) is 0 Å². The van der Waals surface area contributed by atoms with Gasteiger partial charge in [-0.2, -0.15) is 0 Å². The van der Waals surface area contributed by atoms with E-state index in [1.54, 1.807) is 0 Å². The quantitative estimate of drug-likeness (QED) is 0.187. The number of fused-ring (bicyclic) bond motifs is 7. The van der Waals surface area contributed by atoms with Crippen molar-refractivity contribution in [2.45, 2.75) is 152 Å². The van der Waals surface area contributed by atoms with Crippen molar-refractivity contribution in [3.63, 3.8) is 0 Å². The van der Waals surface area contributed by atoms with Gasteiger partial charge in [-0.3, -0.25) is 24.3 Å². The predicted molar refractivity (Wildman–Crippen MR) is 220 cm³/mol. The number of amides is 1. The first kappa shape index (κ1) is 41.4. The van der Waals surface area contributed by atoms with Crippen molar-refractivity contribution in [2.24, 2.45) is 62.1 Å². The molecule has 56 heavy (non-hydrogen) atoms. The fraction of sp³-hybridized carbons (Fsp3) is 0.792. The van der Waals surface area contributed by atoms with E-state index in [9.17, 15) is 19.5 Å². The highest BCUT2D eigenvalue weighted by Crippen LogP contribution is 2.78. The minimum atomic E-state index is -0.882. The first-order chi connectivity index (χ1) is 26.2. The molecule has 0 radical (unpaired) electrons. The Labute approximate surface area is 338 Å². The standard InChI is InChI=1S/C48H73N3O5/c1-32(2)34-12-19-48(28-39(52)51-26-24-50(25-27-51)31-33-15-22-49-23-16-33)21-20-46(8)35(42(34)48)10-11-37-45(7)17-14-38(44(5,6)36(45)13-18-47(37,46)9)56-41(55)30-43(3,4)29-40(53)54/h15-16,22-23,34-38,42H,1,10-14,17-21,24-31H2,2-9H3,(H,53,54)/t34-,35+,36-,37+,38-,42+,45-,46+,47+,48+/m0/s1. The number of rotatable bonds is 10. The first-order valence-corrected chi connectivity index (χ1v) is 22.2. The van der Waals surface area contributed by atoms with Gasteiger partial charge in [0.15, 0.2) is 0 Å². The number of carbonyl (C=O) groups is 3. The van der Waals surface area contributed by atoms with Gasteiger partial charge in [0.25, 0.3) is 0 Å². The number of nitrogens with zero attached hydrogens (tertiary/aromatic N) is 3. The summed E-state index contributed by atoms with van der Waals surface area (Å²) in [4.78, 5) is 47.9. The summed E-state index contributed by atoms with van der Waals surface area (Å²) in [5.74, 6) is 1.87. The molecule has 1 aliphatic heterocycles. The summed E-state index contributed by atoms with van der Waals surface area (Å²) in [6, 6.07) is 4.18.